The maximum Gasteiger partial charge on any atom is 0.437 e. The molecule has 1 aromatic carbocycles. The fraction of sp³-hybridized carbons (Fsp3) is 0.125. The maximum atomic E-state index is 12.3. The number of rotatable bonds is 1. The number of alkyl halides is 3. The average molecular weight is 268 g/mol. The van der Waals surface area contributed by atoms with Crippen LogP contribution in [0.5, 0.6) is 0 Å². The highest BCUT2D eigenvalue weighted by molar-refractivity contribution is 9.10. The molecule has 0 unspecified atom stereocenters. The molecule has 0 aliphatic heterocycles. The molecular formula is C8H5BrF3NO. The SMILES string of the molecule is ON=C(c1ccccc1Br)C(F)(F)F. The molecule has 0 saturated heterocycles. The van der Waals surface area contributed by atoms with Crippen LogP contribution in [0.1, 0.15) is 5.56 Å². The van der Waals surface area contributed by atoms with Gasteiger partial charge in [0.25, 0.3) is 0 Å². The molecule has 0 spiro atoms. The summed E-state index contributed by atoms with van der Waals surface area (Å²) in [7, 11) is 0. The third-order valence-electron chi connectivity index (χ3n) is 1.50. The molecular weight excluding hydrogens is 263 g/mol. The largest absolute Gasteiger partial charge is 0.437 e. The average Bonchev–Trinajstić information content (AvgIpc) is 2.07. The van der Waals surface area contributed by atoms with E-state index in [0.717, 1.165) is 0 Å². The van der Waals surface area contributed by atoms with E-state index in [2.05, 4.69) is 21.1 Å². The highest BCUT2D eigenvalue weighted by Gasteiger charge is 2.38. The van der Waals surface area contributed by atoms with Crippen LogP contribution >= 0.6 is 15.9 Å². The summed E-state index contributed by atoms with van der Waals surface area (Å²) < 4.78 is 37.1. The number of halogens is 4. The molecule has 1 aromatic rings. The lowest BCUT2D eigenvalue weighted by Crippen LogP contribution is -2.24. The van der Waals surface area contributed by atoms with E-state index >= 15 is 0 Å². The number of hydrogen-bond acceptors (Lipinski definition) is 2. The lowest BCUT2D eigenvalue weighted by molar-refractivity contribution is -0.0601. The Hall–Kier alpha value is -1.04. The van der Waals surface area contributed by atoms with Crippen molar-refractivity contribution in [2.24, 2.45) is 5.16 Å². The van der Waals surface area contributed by atoms with Gasteiger partial charge in [0.2, 0.25) is 0 Å². The van der Waals surface area contributed by atoms with Crippen molar-refractivity contribution in [1.82, 2.24) is 0 Å². The predicted octanol–water partition coefficient (Wildman–Crippen LogP) is 3.19. The lowest BCUT2D eigenvalue weighted by Gasteiger charge is -2.09. The quantitative estimate of drug-likeness (QED) is 0.473. The minimum Gasteiger partial charge on any atom is -0.410 e. The highest BCUT2D eigenvalue weighted by atomic mass is 79.9. The van der Waals surface area contributed by atoms with E-state index in [-0.39, 0.29) is 10.0 Å². The van der Waals surface area contributed by atoms with Crippen LogP contribution in [0.2, 0.25) is 0 Å². The van der Waals surface area contributed by atoms with Crippen molar-refractivity contribution in [2.45, 2.75) is 6.18 Å². The molecule has 0 heterocycles. The van der Waals surface area contributed by atoms with Crippen molar-refractivity contribution in [2.75, 3.05) is 0 Å². The molecule has 1 rings (SSSR count). The molecule has 0 atom stereocenters. The Morgan fingerprint density at radius 2 is 1.86 bits per heavy atom. The summed E-state index contributed by atoms with van der Waals surface area (Å²) in [5.74, 6) is 0. The van der Waals surface area contributed by atoms with Gasteiger partial charge >= 0.3 is 6.18 Å². The minimum atomic E-state index is -4.67. The molecule has 76 valence electrons. The van der Waals surface area contributed by atoms with Crippen molar-refractivity contribution >= 4 is 21.6 Å². The fourth-order valence-corrected chi connectivity index (χ4v) is 1.39. The van der Waals surface area contributed by atoms with Crippen LogP contribution in [0.25, 0.3) is 0 Å². The van der Waals surface area contributed by atoms with E-state index in [0.29, 0.717) is 0 Å². The lowest BCUT2D eigenvalue weighted by atomic mass is 10.1. The standard InChI is InChI=1S/C8H5BrF3NO/c9-6-4-2-1-3-5(6)7(13-14)8(10,11)12/h1-4,14H. The molecule has 0 saturated carbocycles. The molecule has 0 bridgehead atoms. The Kier molecular flexibility index (Phi) is 3.15. The Labute approximate surface area is 86.2 Å². The van der Waals surface area contributed by atoms with Gasteiger partial charge in [-0.15, -0.1) is 0 Å². The van der Waals surface area contributed by atoms with E-state index in [9.17, 15) is 13.2 Å². The number of benzene rings is 1. The minimum absolute atomic E-state index is 0.192. The van der Waals surface area contributed by atoms with Gasteiger partial charge in [0, 0.05) is 10.0 Å². The normalized spacial score (nSPS) is 13.0. The summed E-state index contributed by atoms with van der Waals surface area (Å²) in [6.45, 7) is 0. The monoisotopic (exact) mass is 267 g/mol. The summed E-state index contributed by atoms with van der Waals surface area (Å²) in [5.41, 5.74) is -1.51. The molecule has 0 aliphatic carbocycles. The topological polar surface area (TPSA) is 32.6 Å². The van der Waals surface area contributed by atoms with Crippen LogP contribution in [-0.2, 0) is 0 Å². The van der Waals surface area contributed by atoms with Gasteiger partial charge < -0.3 is 5.21 Å². The third kappa shape index (κ3) is 2.25. The maximum absolute atomic E-state index is 12.3. The molecule has 14 heavy (non-hydrogen) atoms. The summed E-state index contributed by atoms with van der Waals surface area (Å²) in [4.78, 5) is 0. The fourth-order valence-electron chi connectivity index (χ4n) is 0.917. The van der Waals surface area contributed by atoms with E-state index in [4.69, 9.17) is 5.21 Å². The zero-order valence-electron chi connectivity index (χ0n) is 6.72. The Balaban J connectivity index is 3.23. The Morgan fingerprint density at radius 1 is 1.29 bits per heavy atom. The van der Waals surface area contributed by atoms with Crippen molar-refractivity contribution in [3.05, 3.63) is 34.3 Å². The Morgan fingerprint density at radius 3 is 2.29 bits per heavy atom. The van der Waals surface area contributed by atoms with Gasteiger partial charge in [0.15, 0.2) is 5.71 Å². The van der Waals surface area contributed by atoms with E-state index in [1.54, 1.807) is 6.07 Å². The van der Waals surface area contributed by atoms with Gasteiger partial charge in [-0.25, -0.2) is 0 Å². The van der Waals surface area contributed by atoms with Crippen molar-refractivity contribution in [3.8, 4) is 0 Å². The highest BCUT2D eigenvalue weighted by Crippen LogP contribution is 2.26. The summed E-state index contributed by atoms with van der Waals surface area (Å²) >= 11 is 2.94. The van der Waals surface area contributed by atoms with Gasteiger partial charge in [-0.05, 0) is 6.07 Å². The van der Waals surface area contributed by atoms with Crippen LogP contribution in [-0.4, -0.2) is 17.1 Å². The van der Waals surface area contributed by atoms with Crippen molar-refractivity contribution in [3.63, 3.8) is 0 Å². The molecule has 6 heteroatoms. The molecule has 0 fully saturated rings. The number of oxime groups is 1. The molecule has 1 N–H and O–H groups in total. The van der Waals surface area contributed by atoms with Gasteiger partial charge in [-0.3, -0.25) is 0 Å². The van der Waals surface area contributed by atoms with Crippen molar-refractivity contribution in [1.29, 1.82) is 0 Å². The van der Waals surface area contributed by atoms with Crippen LogP contribution in [0.15, 0.2) is 33.9 Å². The molecule has 2 nitrogen and oxygen atoms in total. The summed E-state index contributed by atoms with van der Waals surface area (Å²) in [6, 6.07) is 5.65. The van der Waals surface area contributed by atoms with Crippen LogP contribution < -0.4 is 0 Å². The molecule has 0 amide bonds. The van der Waals surface area contributed by atoms with Crippen LogP contribution in [0.3, 0.4) is 0 Å². The summed E-state index contributed by atoms with van der Waals surface area (Å²) in [5, 5.41) is 10.5. The van der Waals surface area contributed by atoms with Crippen LogP contribution in [0.4, 0.5) is 13.2 Å². The first-order chi connectivity index (χ1) is 6.46. The second kappa shape index (κ2) is 4.00. The van der Waals surface area contributed by atoms with Gasteiger partial charge in [-0.1, -0.05) is 39.3 Å². The van der Waals surface area contributed by atoms with E-state index in [1.807, 2.05) is 0 Å². The van der Waals surface area contributed by atoms with E-state index in [1.165, 1.54) is 18.2 Å². The van der Waals surface area contributed by atoms with Crippen molar-refractivity contribution < 1.29 is 18.4 Å². The zero-order valence-corrected chi connectivity index (χ0v) is 8.30. The number of nitrogens with zero attached hydrogens (tertiary/aromatic N) is 1. The van der Waals surface area contributed by atoms with Crippen LogP contribution in [0, 0.1) is 0 Å². The summed E-state index contributed by atoms with van der Waals surface area (Å²) in [6.07, 6.45) is -4.67. The second-order valence-corrected chi connectivity index (χ2v) is 3.28. The number of hydrogen-bond donors (Lipinski definition) is 1. The van der Waals surface area contributed by atoms with Gasteiger partial charge in [0.05, 0.1) is 0 Å². The zero-order chi connectivity index (χ0) is 10.8. The van der Waals surface area contributed by atoms with Gasteiger partial charge in [0.1, 0.15) is 0 Å². The third-order valence-corrected chi connectivity index (χ3v) is 2.19. The predicted molar refractivity (Wildman–Crippen MR) is 48.5 cm³/mol. The smallest absolute Gasteiger partial charge is 0.410 e. The van der Waals surface area contributed by atoms with Gasteiger partial charge in [-0.2, -0.15) is 13.2 Å². The first kappa shape index (κ1) is 11.0. The second-order valence-electron chi connectivity index (χ2n) is 2.43. The first-order valence-electron chi connectivity index (χ1n) is 3.51. The molecule has 0 radical (unpaired) electrons. The Bertz CT molecular complexity index is 362. The first-order valence-corrected chi connectivity index (χ1v) is 4.30. The van der Waals surface area contributed by atoms with E-state index < -0.39 is 11.9 Å². The molecule has 0 aromatic heterocycles. The molecule has 0 aliphatic rings.